The Morgan fingerprint density at radius 1 is 1.60 bits per heavy atom. The molecular formula is C4H9Rf-. The molecule has 0 rings (SSSR count). The van der Waals surface area contributed by atoms with Crippen LogP contribution in [0.4, 0.5) is 0 Å². The zero-order valence-corrected chi connectivity index (χ0v) is 10.4. The molecule has 0 heterocycles. The van der Waals surface area contributed by atoms with Crippen LogP contribution in [0.2, 0.25) is 0 Å². The van der Waals surface area contributed by atoms with Crippen LogP contribution in [0.5, 0.6) is 0 Å². The Kier molecular flexibility index (Phi) is 21.6. The summed E-state index contributed by atoms with van der Waals surface area (Å²) in [5, 5.41) is 0. The van der Waals surface area contributed by atoms with E-state index in [1.54, 1.807) is 0 Å². The summed E-state index contributed by atoms with van der Waals surface area (Å²) in [6.07, 6.45) is 3.32. The van der Waals surface area contributed by atoms with Crippen LogP contribution >= 0.6 is 0 Å². The SMILES string of the molecule is C[CH-]CC.[Rf]. The third-order valence-electron chi connectivity index (χ3n) is 0.408. The first-order valence-corrected chi connectivity index (χ1v) is 1.69. The Balaban J connectivity index is 0. The third kappa shape index (κ3) is 0. The van der Waals surface area contributed by atoms with Gasteiger partial charge < -0.3 is 6.42 Å². The van der Waals surface area contributed by atoms with Gasteiger partial charge in [-0.3, -0.25) is 0 Å². The molecule has 28 valence electrons. The molecule has 0 bridgehead atoms. The molecule has 0 amide bonds. The van der Waals surface area contributed by atoms with Gasteiger partial charge >= 0.3 is 0 Å². The van der Waals surface area contributed by atoms with Gasteiger partial charge in [-0.15, -0.1) is 0 Å². The Labute approximate surface area is 27.8 Å². The maximum atomic E-state index is 2.12. The van der Waals surface area contributed by atoms with E-state index in [-0.39, 0.29) is 0 Å². The predicted molar refractivity (Wildman–Crippen MR) is 20.3 cm³/mol. The predicted octanol–water partition coefficient (Wildman–Crippen LogP) is 1.62. The summed E-state index contributed by atoms with van der Waals surface area (Å²) in [5.41, 5.74) is 0. The maximum Gasteiger partial charge on any atom is 0 e. The first-order chi connectivity index (χ1) is 1.91. The first-order valence-electron chi connectivity index (χ1n) is 1.69. The molecule has 1 heteroatoms. The molecule has 0 aromatic heterocycles. The Hall–Kier alpha value is -1.00. The first kappa shape index (κ1) is 9.00. The molecule has 0 aromatic carbocycles. The molecule has 0 N–H and O–H groups in total. The van der Waals surface area contributed by atoms with Crippen LogP contribution in [0, 0.1) is 6.42 Å². The summed E-state index contributed by atoms with van der Waals surface area (Å²) >= 11 is 0. The largest absolute Gasteiger partial charge is 0.332 e. The van der Waals surface area contributed by atoms with Crippen LogP contribution in [0.25, 0.3) is 0 Å². The van der Waals surface area contributed by atoms with Crippen molar-refractivity contribution in [3.63, 3.8) is 0 Å². The molecule has 0 spiro atoms. The van der Waals surface area contributed by atoms with Crippen molar-refractivity contribution in [1.29, 1.82) is 0 Å². The maximum absolute atomic E-state index is 2.12. The van der Waals surface area contributed by atoms with E-state index in [0.29, 0.717) is 0 Å². The smallest absolute Gasteiger partial charge is 0 e. The van der Waals surface area contributed by atoms with Crippen molar-refractivity contribution in [3.05, 3.63) is 6.42 Å². The second kappa shape index (κ2) is 12.0. The van der Waals surface area contributed by atoms with E-state index in [9.17, 15) is 0 Å². The van der Waals surface area contributed by atoms with Gasteiger partial charge in [-0.1, -0.05) is 6.92 Å². The third-order valence-corrected chi connectivity index (χ3v) is 0.408. The molecule has 0 radical (unpaired) electrons. The van der Waals surface area contributed by atoms with Gasteiger partial charge in [0.2, 0.25) is 0 Å². The van der Waals surface area contributed by atoms with Gasteiger partial charge in [-0.05, 0) is 0 Å². The summed E-state index contributed by atoms with van der Waals surface area (Å²) in [6, 6.07) is 0. The van der Waals surface area contributed by atoms with Crippen molar-refractivity contribution >= 4 is 0 Å². The number of hydrogen-bond donors (Lipinski definition) is 0. The molecule has 0 aliphatic carbocycles. The fraction of sp³-hybridized carbons (Fsp3) is 0.750. The Morgan fingerprint density at radius 3 is 1.80 bits per heavy atom. The monoisotopic (exact) mass is 324 g/mol. The zero-order chi connectivity index (χ0) is 3.41. The van der Waals surface area contributed by atoms with E-state index in [0.717, 1.165) is 0 Å². The number of hydrogen-bond acceptors (Lipinski definition) is 0. The average Bonchev–Trinajstić information content (AvgIpc) is 1.37. The van der Waals surface area contributed by atoms with Gasteiger partial charge in [0.05, 0.1) is 0 Å². The summed E-state index contributed by atoms with van der Waals surface area (Å²) in [4.78, 5) is 0. The van der Waals surface area contributed by atoms with E-state index in [4.69, 9.17) is 0 Å². The minimum atomic E-state index is 0. The summed E-state index contributed by atoms with van der Waals surface area (Å²) in [6.45, 7) is 4.18. The molecule has 0 unspecified atom stereocenters. The van der Waals surface area contributed by atoms with Crippen molar-refractivity contribution in [2.75, 3.05) is 0 Å². The molecule has 0 saturated heterocycles. The Bertz CT molecular complexity index is 5.61. The van der Waals surface area contributed by atoms with E-state index in [1.165, 1.54) is 6.42 Å². The van der Waals surface area contributed by atoms with Crippen LogP contribution in [0.15, 0.2) is 0 Å². The fourth-order valence-corrected chi connectivity index (χ4v) is 0. The van der Waals surface area contributed by atoms with Crippen molar-refractivity contribution < 1.29 is 0 Å². The van der Waals surface area contributed by atoms with E-state index in [2.05, 4.69) is 20.3 Å². The molecule has 5 heavy (non-hydrogen) atoms. The van der Waals surface area contributed by atoms with Gasteiger partial charge in [0, 0.05) is 0 Å². The molecule has 0 saturated carbocycles. The summed E-state index contributed by atoms with van der Waals surface area (Å²) < 4.78 is 0. The number of rotatable bonds is 1. The van der Waals surface area contributed by atoms with Crippen LogP contribution in [-0.2, 0) is 0 Å². The molecule has 0 atom stereocenters. The van der Waals surface area contributed by atoms with Gasteiger partial charge in [0.15, 0.2) is 0 Å². The minimum absolute atomic E-state index is 0. The van der Waals surface area contributed by atoms with Gasteiger partial charge in [-0.25, -0.2) is 0 Å². The van der Waals surface area contributed by atoms with Crippen LogP contribution in [0.1, 0.15) is 20.3 Å². The summed E-state index contributed by atoms with van der Waals surface area (Å²) in [7, 11) is 0. The molecule has 0 aromatic rings. The average molecular weight is 324 g/mol. The summed E-state index contributed by atoms with van der Waals surface area (Å²) in [5.74, 6) is 0. The molecular weight excluding hydrogens is 315 g/mol. The molecule has 0 nitrogen and oxygen atoms in total. The van der Waals surface area contributed by atoms with E-state index >= 15 is 0 Å². The van der Waals surface area contributed by atoms with Crippen molar-refractivity contribution in [3.8, 4) is 0 Å². The molecule has 0 aliphatic rings. The van der Waals surface area contributed by atoms with Crippen LogP contribution in [0.3, 0.4) is 0 Å². The zero-order valence-electron chi connectivity index (χ0n) is 3.99. The van der Waals surface area contributed by atoms with Crippen molar-refractivity contribution in [1.82, 2.24) is 0 Å². The van der Waals surface area contributed by atoms with E-state index < -0.39 is 0 Å². The van der Waals surface area contributed by atoms with Gasteiger partial charge in [0.1, 0.15) is 0 Å². The number of unbranched alkanes of at least 4 members (excludes halogenated alkanes) is 1. The van der Waals surface area contributed by atoms with E-state index in [1.807, 2.05) is 0 Å². The molecule has 0 fully saturated rings. The second-order valence-corrected chi connectivity index (χ2v) is 0.816. The quantitative estimate of drug-likeness (QED) is 0.643. The fourth-order valence-electron chi connectivity index (χ4n) is 0. The van der Waals surface area contributed by atoms with Crippen molar-refractivity contribution in [2.24, 2.45) is 0 Å². The van der Waals surface area contributed by atoms with Crippen LogP contribution in [-0.4, -0.2) is 0 Å². The Morgan fingerprint density at radius 2 is 1.80 bits per heavy atom. The van der Waals surface area contributed by atoms with Gasteiger partial charge in [0.25, 0.3) is 0 Å². The standard InChI is InChI=1S/C4H9.Rf/c1-3-4-2;/h3H,4H2,1-2H3;/q-1;. The minimum Gasteiger partial charge on any atom is -0.332 e. The second-order valence-electron chi connectivity index (χ2n) is 0.816. The van der Waals surface area contributed by atoms with Crippen molar-refractivity contribution in [2.45, 2.75) is 20.3 Å². The van der Waals surface area contributed by atoms with Gasteiger partial charge in [-0.2, -0.15) is 13.3 Å². The topological polar surface area (TPSA) is 0 Å². The molecule has 0 aliphatic heterocycles. The normalized spacial score (nSPS) is 6.00. The van der Waals surface area contributed by atoms with Crippen LogP contribution < -0.4 is 0 Å².